The highest BCUT2D eigenvalue weighted by atomic mass is 32.2. The smallest absolute Gasteiger partial charge is 0.267 e. The van der Waals surface area contributed by atoms with Gasteiger partial charge in [-0.2, -0.15) is 8.42 Å². The van der Waals surface area contributed by atoms with E-state index in [9.17, 15) is 13.2 Å². The number of rotatable bonds is 13. The Morgan fingerprint density at radius 1 is 1.04 bits per heavy atom. The van der Waals surface area contributed by atoms with Crippen molar-refractivity contribution in [2.75, 3.05) is 25.4 Å². The van der Waals surface area contributed by atoms with Gasteiger partial charge in [0.2, 0.25) is 5.91 Å². The molecule has 0 aliphatic rings. The molecule has 0 unspecified atom stereocenters. The summed E-state index contributed by atoms with van der Waals surface area (Å²) in [6, 6.07) is 0. The van der Waals surface area contributed by atoms with E-state index in [0.717, 1.165) is 6.08 Å². The first-order valence-corrected chi connectivity index (χ1v) is 11.2. The van der Waals surface area contributed by atoms with E-state index in [1.54, 1.807) is 0 Å². The Balaban J connectivity index is 0. The van der Waals surface area contributed by atoms with Crippen LogP contribution in [-0.2, 0) is 14.9 Å². The first kappa shape index (κ1) is 27.3. The fraction of sp³-hybridized carbons (Fsp3) is 0.842. The number of nitrogens with one attached hydrogen (secondary N) is 1. The molecule has 0 aliphatic carbocycles. The Morgan fingerprint density at radius 2 is 1.42 bits per heavy atom. The van der Waals surface area contributed by atoms with E-state index < -0.39 is 27.3 Å². The third-order valence-electron chi connectivity index (χ3n) is 3.67. The van der Waals surface area contributed by atoms with Crippen molar-refractivity contribution in [3.05, 3.63) is 12.7 Å². The second kappa shape index (κ2) is 15.2. The minimum absolute atomic E-state index is 0.478. The lowest BCUT2D eigenvalue weighted by molar-refractivity contribution is -0.117. The zero-order chi connectivity index (χ0) is 20.6. The highest BCUT2D eigenvalue weighted by molar-refractivity contribution is 7.85. The highest BCUT2D eigenvalue weighted by Gasteiger charge is 2.25. The van der Waals surface area contributed by atoms with Gasteiger partial charge in [0, 0.05) is 0 Å². The zero-order valence-electron chi connectivity index (χ0n) is 17.4. The monoisotopic (exact) mass is 392 g/mol. The van der Waals surface area contributed by atoms with Crippen molar-refractivity contribution in [2.45, 2.75) is 78.7 Å². The molecule has 0 heterocycles. The van der Waals surface area contributed by atoms with Crippen LogP contribution in [0.15, 0.2) is 12.7 Å². The Bertz CT molecular complexity index is 457. The summed E-state index contributed by atoms with van der Waals surface area (Å²) in [5, 5.41) is 2.37. The fourth-order valence-electron chi connectivity index (χ4n) is 2.36. The van der Waals surface area contributed by atoms with Gasteiger partial charge in [-0.3, -0.25) is 9.35 Å². The Morgan fingerprint density at radius 3 is 1.69 bits per heavy atom. The van der Waals surface area contributed by atoms with Crippen molar-refractivity contribution < 1.29 is 17.8 Å². The second-order valence-corrected chi connectivity index (χ2v) is 8.66. The summed E-state index contributed by atoms with van der Waals surface area (Å²) in [5.41, 5.74) is -1.00. The summed E-state index contributed by atoms with van der Waals surface area (Å²) in [6.07, 6.45) is 9.12. The van der Waals surface area contributed by atoms with Crippen molar-refractivity contribution in [3.63, 3.8) is 0 Å². The molecule has 26 heavy (non-hydrogen) atoms. The molecule has 0 atom stereocenters. The number of carbonyl (C=O) groups is 1. The van der Waals surface area contributed by atoms with E-state index in [0.29, 0.717) is 0 Å². The first-order chi connectivity index (χ1) is 12.0. The summed E-state index contributed by atoms with van der Waals surface area (Å²) in [4.78, 5) is 13.4. The molecule has 7 heteroatoms. The van der Waals surface area contributed by atoms with Crippen LogP contribution >= 0.6 is 0 Å². The molecule has 0 rings (SSSR count). The van der Waals surface area contributed by atoms with E-state index in [4.69, 9.17) is 4.55 Å². The topological polar surface area (TPSA) is 86.7 Å². The van der Waals surface area contributed by atoms with Crippen LogP contribution in [0.25, 0.3) is 0 Å². The minimum atomic E-state index is -4.08. The molecule has 0 saturated carbocycles. The Hall–Kier alpha value is -0.920. The van der Waals surface area contributed by atoms with Crippen LogP contribution in [0.3, 0.4) is 0 Å². The van der Waals surface area contributed by atoms with Crippen LogP contribution in [0.1, 0.15) is 73.1 Å². The second-order valence-electron chi connectivity index (χ2n) is 7.21. The molecule has 0 spiro atoms. The van der Waals surface area contributed by atoms with Crippen LogP contribution in [0.4, 0.5) is 0 Å². The molecule has 156 valence electrons. The van der Waals surface area contributed by atoms with Crippen molar-refractivity contribution >= 4 is 16.0 Å². The number of carbonyl (C=O) groups excluding carboxylic acids is 1. The lowest BCUT2D eigenvalue weighted by Crippen LogP contribution is -2.47. The molecule has 0 saturated heterocycles. The van der Waals surface area contributed by atoms with Crippen LogP contribution in [-0.4, -0.2) is 54.7 Å². The first-order valence-electron chi connectivity index (χ1n) is 9.63. The molecule has 1 amide bonds. The van der Waals surface area contributed by atoms with Crippen LogP contribution in [0.2, 0.25) is 0 Å². The molecular formula is C19H40N2O4S. The summed E-state index contributed by atoms with van der Waals surface area (Å²) in [6.45, 7) is 17.0. The highest BCUT2D eigenvalue weighted by Crippen LogP contribution is 2.05. The zero-order valence-corrected chi connectivity index (χ0v) is 18.2. The Kier molecular flexibility index (Phi) is 15.9. The van der Waals surface area contributed by atoms with Gasteiger partial charge in [-0.25, -0.2) is 0 Å². The lowest BCUT2D eigenvalue weighted by Gasteiger charge is -2.23. The van der Waals surface area contributed by atoms with Crippen molar-refractivity contribution in [3.8, 4) is 0 Å². The normalized spacial score (nSPS) is 11.7. The van der Waals surface area contributed by atoms with Gasteiger partial charge in [0.05, 0.1) is 11.3 Å². The fourth-order valence-corrected chi connectivity index (χ4v) is 3.34. The van der Waals surface area contributed by atoms with Gasteiger partial charge in [0.1, 0.15) is 0 Å². The van der Waals surface area contributed by atoms with Gasteiger partial charge in [-0.15, -0.1) is 0 Å². The minimum Gasteiger partial charge on any atom is -0.347 e. The van der Waals surface area contributed by atoms with E-state index in [2.05, 4.69) is 37.6 Å². The predicted octanol–water partition coefficient (Wildman–Crippen LogP) is 3.64. The average Bonchev–Trinajstić information content (AvgIpc) is 2.51. The quantitative estimate of drug-likeness (QED) is 0.369. The van der Waals surface area contributed by atoms with Crippen LogP contribution < -0.4 is 5.32 Å². The number of unbranched alkanes of at least 4 members (excludes halogenated alkanes) is 3. The predicted molar refractivity (Wildman–Crippen MR) is 110 cm³/mol. The maximum Gasteiger partial charge on any atom is 0.267 e. The number of nitrogens with zero attached hydrogens (tertiary/aromatic N) is 1. The van der Waals surface area contributed by atoms with Crippen molar-refractivity contribution in [1.29, 1.82) is 0 Å². The molecule has 0 aromatic heterocycles. The summed E-state index contributed by atoms with van der Waals surface area (Å²) < 4.78 is 29.5. The molecule has 0 aliphatic heterocycles. The van der Waals surface area contributed by atoms with Gasteiger partial charge in [-0.05, 0) is 58.8 Å². The molecule has 2 N–H and O–H groups in total. The maximum atomic E-state index is 10.8. The number of hydrogen-bond donors (Lipinski definition) is 2. The third-order valence-corrected chi connectivity index (χ3v) is 4.76. The molecule has 0 aromatic carbocycles. The molecule has 0 aromatic rings. The van der Waals surface area contributed by atoms with Crippen LogP contribution in [0, 0.1) is 0 Å². The van der Waals surface area contributed by atoms with Gasteiger partial charge in [0.15, 0.2) is 0 Å². The summed E-state index contributed by atoms with van der Waals surface area (Å²) >= 11 is 0. The van der Waals surface area contributed by atoms with Gasteiger partial charge in [-0.1, -0.05) is 46.6 Å². The lowest BCUT2D eigenvalue weighted by atomic mass is 10.1. The third kappa shape index (κ3) is 19.4. The Labute approximate surface area is 161 Å². The van der Waals surface area contributed by atoms with E-state index in [-0.39, 0.29) is 0 Å². The van der Waals surface area contributed by atoms with E-state index >= 15 is 0 Å². The number of hydrogen-bond acceptors (Lipinski definition) is 4. The van der Waals surface area contributed by atoms with E-state index in [1.165, 1.54) is 72.0 Å². The SMILES string of the molecule is C=CC(=O)NC(C)(C)CS(=O)(=O)O.CCCCN(CCCC)CCCC. The number of amides is 1. The molecule has 0 fully saturated rings. The van der Waals surface area contributed by atoms with Crippen molar-refractivity contribution in [1.82, 2.24) is 10.2 Å². The molecule has 0 bridgehead atoms. The van der Waals surface area contributed by atoms with Gasteiger partial charge in [0.25, 0.3) is 10.1 Å². The van der Waals surface area contributed by atoms with Gasteiger partial charge < -0.3 is 10.2 Å². The maximum absolute atomic E-state index is 10.8. The largest absolute Gasteiger partial charge is 0.347 e. The molecule has 0 radical (unpaired) electrons. The molecule has 6 nitrogen and oxygen atoms in total. The average molecular weight is 393 g/mol. The van der Waals surface area contributed by atoms with Crippen LogP contribution in [0.5, 0.6) is 0 Å². The van der Waals surface area contributed by atoms with Crippen molar-refractivity contribution in [2.24, 2.45) is 0 Å². The standard InChI is InChI=1S/C12H27N.C7H13NO4S/c1-4-7-10-13(11-8-5-2)12-9-6-3;1-4-6(9)8-7(2,3)5-13(10,11)12/h4-12H2,1-3H3;4H,1,5H2,2-3H3,(H,8,9)(H,10,11,12). The van der Waals surface area contributed by atoms with E-state index in [1.807, 2.05) is 0 Å². The summed E-state index contributed by atoms with van der Waals surface area (Å²) in [5.74, 6) is -1.01. The molecular weight excluding hydrogens is 352 g/mol. The summed E-state index contributed by atoms with van der Waals surface area (Å²) in [7, 11) is -4.08. The van der Waals surface area contributed by atoms with Gasteiger partial charge >= 0.3 is 0 Å².